The lowest BCUT2D eigenvalue weighted by atomic mass is 10.0. The van der Waals surface area contributed by atoms with E-state index < -0.39 is 17.7 Å². The molecule has 1 fully saturated rings. The third-order valence-corrected chi connectivity index (χ3v) is 4.19. The third-order valence-electron chi connectivity index (χ3n) is 4.19. The molecule has 0 spiro atoms. The molecule has 1 aliphatic rings. The summed E-state index contributed by atoms with van der Waals surface area (Å²) in [5.74, 6) is -1.02. The molecule has 0 radical (unpaired) electrons. The largest absolute Gasteiger partial charge is 0.387 e. The molecular formula is C16H23F2NO. The summed E-state index contributed by atoms with van der Waals surface area (Å²) in [5, 5.41) is 13.4. The molecule has 0 amide bonds. The molecule has 2 nitrogen and oxygen atoms in total. The molecule has 2 rings (SSSR count). The predicted molar refractivity (Wildman–Crippen MR) is 75.4 cm³/mol. The Balaban J connectivity index is 1.85. The van der Waals surface area contributed by atoms with E-state index in [0.717, 1.165) is 30.9 Å². The number of aliphatic hydroxyl groups is 1. The van der Waals surface area contributed by atoms with Crippen LogP contribution in [-0.2, 0) is 0 Å². The van der Waals surface area contributed by atoms with E-state index in [1.807, 2.05) is 0 Å². The molecule has 3 unspecified atom stereocenters. The molecule has 0 aliphatic heterocycles. The van der Waals surface area contributed by atoms with Gasteiger partial charge in [-0.3, -0.25) is 0 Å². The number of benzene rings is 1. The van der Waals surface area contributed by atoms with E-state index in [1.54, 1.807) is 0 Å². The highest BCUT2D eigenvalue weighted by Gasteiger charge is 2.17. The van der Waals surface area contributed by atoms with Gasteiger partial charge in [-0.25, -0.2) is 8.78 Å². The Kier molecular flexibility index (Phi) is 5.49. The zero-order valence-electron chi connectivity index (χ0n) is 11.9. The summed E-state index contributed by atoms with van der Waals surface area (Å²) in [6, 6.07) is 3.97. The second-order valence-electron chi connectivity index (χ2n) is 5.91. The van der Waals surface area contributed by atoms with Gasteiger partial charge in [0, 0.05) is 12.6 Å². The van der Waals surface area contributed by atoms with Crippen molar-refractivity contribution in [1.82, 2.24) is 5.32 Å². The zero-order valence-corrected chi connectivity index (χ0v) is 11.9. The van der Waals surface area contributed by atoms with Crippen molar-refractivity contribution in [3.8, 4) is 0 Å². The monoisotopic (exact) mass is 283 g/mol. The van der Waals surface area contributed by atoms with Gasteiger partial charge in [0.2, 0.25) is 0 Å². The minimum atomic E-state index is -0.912. The van der Waals surface area contributed by atoms with Crippen LogP contribution in [0.5, 0.6) is 0 Å². The average Bonchev–Trinajstić information content (AvgIpc) is 2.64. The van der Waals surface area contributed by atoms with Gasteiger partial charge in [0.25, 0.3) is 0 Å². The standard InChI is InChI=1S/C16H23F2NO/c1-11-3-2-4-13(7-5-11)19-10-16(20)12-6-8-14(17)15(18)9-12/h6,8-9,11,13,16,19-20H,2-5,7,10H2,1H3. The lowest BCUT2D eigenvalue weighted by molar-refractivity contribution is 0.167. The van der Waals surface area contributed by atoms with Crippen LogP contribution in [0.15, 0.2) is 18.2 Å². The summed E-state index contributed by atoms with van der Waals surface area (Å²) in [6.45, 7) is 2.66. The Hall–Kier alpha value is -1.00. The van der Waals surface area contributed by atoms with Crippen molar-refractivity contribution in [2.45, 2.75) is 51.2 Å². The van der Waals surface area contributed by atoms with Crippen LogP contribution in [0.1, 0.15) is 50.7 Å². The van der Waals surface area contributed by atoms with Gasteiger partial charge in [-0.15, -0.1) is 0 Å². The summed E-state index contributed by atoms with van der Waals surface area (Å²) >= 11 is 0. The Labute approximate surface area is 119 Å². The first-order chi connectivity index (χ1) is 9.56. The summed E-state index contributed by atoms with van der Waals surface area (Å²) < 4.78 is 26.0. The molecule has 4 heteroatoms. The van der Waals surface area contributed by atoms with Gasteiger partial charge in [-0.1, -0.05) is 25.8 Å². The summed E-state index contributed by atoms with van der Waals surface area (Å²) in [4.78, 5) is 0. The molecule has 112 valence electrons. The fraction of sp³-hybridized carbons (Fsp3) is 0.625. The van der Waals surface area contributed by atoms with Crippen molar-refractivity contribution < 1.29 is 13.9 Å². The first-order valence-corrected chi connectivity index (χ1v) is 7.42. The third kappa shape index (κ3) is 4.25. The van der Waals surface area contributed by atoms with Gasteiger partial charge in [0.15, 0.2) is 11.6 Å². The maximum Gasteiger partial charge on any atom is 0.159 e. The zero-order chi connectivity index (χ0) is 14.5. The number of nitrogens with one attached hydrogen (secondary N) is 1. The van der Waals surface area contributed by atoms with Crippen LogP contribution in [0, 0.1) is 17.6 Å². The smallest absolute Gasteiger partial charge is 0.159 e. The van der Waals surface area contributed by atoms with Crippen molar-refractivity contribution in [2.75, 3.05) is 6.54 Å². The Morgan fingerprint density at radius 1 is 1.20 bits per heavy atom. The van der Waals surface area contributed by atoms with E-state index in [0.29, 0.717) is 18.2 Å². The summed E-state index contributed by atoms with van der Waals surface area (Å²) in [7, 11) is 0. The molecule has 1 saturated carbocycles. The van der Waals surface area contributed by atoms with Gasteiger partial charge in [-0.05, 0) is 42.9 Å². The predicted octanol–water partition coefficient (Wildman–Crippen LogP) is 3.56. The number of hydrogen-bond acceptors (Lipinski definition) is 2. The van der Waals surface area contributed by atoms with Gasteiger partial charge in [0.05, 0.1) is 6.10 Å². The Morgan fingerprint density at radius 2 is 2.00 bits per heavy atom. The van der Waals surface area contributed by atoms with Crippen LogP contribution in [0.3, 0.4) is 0 Å². The van der Waals surface area contributed by atoms with Gasteiger partial charge < -0.3 is 10.4 Å². The first-order valence-electron chi connectivity index (χ1n) is 7.42. The van der Waals surface area contributed by atoms with Crippen LogP contribution in [-0.4, -0.2) is 17.7 Å². The average molecular weight is 283 g/mol. The Bertz CT molecular complexity index is 438. The van der Waals surface area contributed by atoms with Crippen LogP contribution in [0.25, 0.3) is 0 Å². The van der Waals surface area contributed by atoms with Gasteiger partial charge in [0.1, 0.15) is 0 Å². The van der Waals surface area contributed by atoms with Crippen molar-refractivity contribution in [2.24, 2.45) is 5.92 Å². The fourth-order valence-electron chi connectivity index (χ4n) is 2.81. The molecule has 20 heavy (non-hydrogen) atoms. The summed E-state index contributed by atoms with van der Waals surface area (Å²) in [5.41, 5.74) is 0.415. The lowest BCUT2D eigenvalue weighted by Gasteiger charge is -2.19. The molecule has 1 aliphatic carbocycles. The number of hydrogen-bond donors (Lipinski definition) is 2. The second kappa shape index (κ2) is 7.14. The molecule has 0 saturated heterocycles. The maximum atomic E-state index is 13.1. The molecule has 0 bridgehead atoms. The topological polar surface area (TPSA) is 32.3 Å². The van der Waals surface area contributed by atoms with Gasteiger partial charge in [-0.2, -0.15) is 0 Å². The molecule has 3 atom stereocenters. The molecule has 1 aromatic rings. The van der Waals surface area contributed by atoms with Crippen LogP contribution in [0.2, 0.25) is 0 Å². The molecular weight excluding hydrogens is 260 g/mol. The maximum absolute atomic E-state index is 13.1. The Morgan fingerprint density at radius 3 is 2.75 bits per heavy atom. The first kappa shape index (κ1) is 15.4. The van der Waals surface area contributed by atoms with E-state index in [-0.39, 0.29) is 0 Å². The van der Waals surface area contributed by atoms with Crippen molar-refractivity contribution in [3.05, 3.63) is 35.4 Å². The molecule has 2 N–H and O–H groups in total. The number of rotatable bonds is 4. The SMILES string of the molecule is CC1CCCC(NCC(O)c2ccc(F)c(F)c2)CC1. The summed E-state index contributed by atoms with van der Waals surface area (Å²) in [6.07, 6.45) is 5.12. The van der Waals surface area contributed by atoms with E-state index in [2.05, 4.69) is 12.2 Å². The number of halogens is 2. The minimum Gasteiger partial charge on any atom is -0.387 e. The number of aliphatic hydroxyl groups excluding tert-OH is 1. The minimum absolute atomic E-state index is 0.379. The van der Waals surface area contributed by atoms with Crippen molar-refractivity contribution in [3.63, 3.8) is 0 Å². The highest BCUT2D eigenvalue weighted by molar-refractivity contribution is 5.20. The fourth-order valence-corrected chi connectivity index (χ4v) is 2.81. The quantitative estimate of drug-likeness (QED) is 0.828. The normalized spacial score (nSPS) is 25.2. The van der Waals surface area contributed by atoms with Crippen LogP contribution >= 0.6 is 0 Å². The van der Waals surface area contributed by atoms with Gasteiger partial charge >= 0.3 is 0 Å². The molecule has 0 aromatic heterocycles. The molecule has 1 aromatic carbocycles. The molecule has 0 heterocycles. The van der Waals surface area contributed by atoms with Crippen molar-refractivity contribution in [1.29, 1.82) is 0 Å². The lowest BCUT2D eigenvalue weighted by Crippen LogP contribution is -2.32. The second-order valence-corrected chi connectivity index (χ2v) is 5.91. The van der Waals surface area contributed by atoms with E-state index in [4.69, 9.17) is 0 Å². The van der Waals surface area contributed by atoms with Crippen molar-refractivity contribution >= 4 is 0 Å². The van der Waals surface area contributed by atoms with Crippen LogP contribution < -0.4 is 5.32 Å². The van der Waals surface area contributed by atoms with Crippen LogP contribution in [0.4, 0.5) is 8.78 Å². The van der Waals surface area contributed by atoms with E-state index in [9.17, 15) is 13.9 Å². The highest BCUT2D eigenvalue weighted by atomic mass is 19.2. The van der Waals surface area contributed by atoms with E-state index in [1.165, 1.54) is 25.3 Å². The highest BCUT2D eigenvalue weighted by Crippen LogP contribution is 2.23. The van der Waals surface area contributed by atoms with E-state index >= 15 is 0 Å².